The summed E-state index contributed by atoms with van der Waals surface area (Å²) in [7, 11) is -0.585. The lowest BCUT2D eigenvalue weighted by Crippen LogP contribution is -2.48. The highest BCUT2D eigenvalue weighted by Crippen LogP contribution is 2.34. The van der Waals surface area contributed by atoms with Crippen LogP contribution < -0.4 is 9.47 Å². The molecule has 1 aliphatic rings. The van der Waals surface area contributed by atoms with E-state index < -0.39 is 10.0 Å². The molecule has 0 aliphatic carbocycles. The van der Waals surface area contributed by atoms with Crippen LogP contribution in [0.3, 0.4) is 0 Å². The SMILES string of the molecule is COc1cc(C)c(S(=O)(=O)N2C[C@@H](C)O[C@H](C)C2)cc1OC. The fraction of sp³-hybridized carbons (Fsp3) is 0.600. The van der Waals surface area contributed by atoms with Crippen LogP contribution in [0.1, 0.15) is 19.4 Å². The van der Waals surface area contributed by atoms with Gasteiger partial charge in [-0.05, 0) is 32.4 Å². The van der Waals surface area contributed by atoms with Gasteiger partial charge in [-0.1, -0.05) is 0 Å². The van der Waals surface area contributed by atoms with E-state index in [9.17, 15) is 8.42 Å². The third-order valence-corrected chi connectivity index (χ3v) is 5.66. The van der Waals surface area contributed by atoms with E-state index in [4.69, 9.17) is 14.2 Å². The largest absolute Gasteiger partial charge is 0.493 e. The van der Waals surface area contributed by atoms with Crippen molar-refractivity contribution in [2.75, 3.05) is 27.3 Å². The molecule has 0 spiro atoms. The highest BCUT2D eigenvalue weighted by atomic mass is 32.2. The van der Waals surface area contributed by atoms with E-state index in [1.807, 2.05) is 13.8 Å². The lowest BCUT2D eigenvalue weighted by Gasteiger charge is -2.34. The molecule has 124 valence electrons. The van der Waals surface area contributed by atoms with Crippen molar-refractivity contribution in [3.63, 3.8) is 0 Å². The summed E-state index contributed by atoms with van der Waals surface area (Å²) in [4.78, 5) is 0.242. The summed E-state index contributed by atoms with van der Waals surface area (Å²) in [6, 6.07) is 3.20. The van der Waals surface area contributed by atoms with Gasteiger partial charge in [0.05, 0.1) is 31.3 Å². The Morgan fingerprint density at radius 3 is 2.09 bits per heavy atom. The Bertz CT molecular complexity index is 634. The number of nitrogens with zero attached hydrogens (tertiary/aromatic N) is 1. The van der Waals surface area contributed by atoms with E-state index in [0.717, 1.165) is 0 Å². The van der Waals surface area contributed by atoms with E-state index in [1.54, 1.807) is 13.0 Å². The highest BCUT2D eigenvalue weighted by molar-refractivity contribution is 7.89. The Labute approximate surface area is 132 Å². The maximum absolute atomic E-state index is 12.9. The van der Waals surface area contributed by atoms with Gasteiger partial charge in [0, 0.05) is 19.2 Å². The van der Waals surface area contributed by atoms with E-state index in [2.05, 4.69) is 0 Å². The first kappa shape index (κ1) is 17.1. The number of rotatable bonds is 4. The van der Waals surface area contributed by atoms with Crippen molar-refractivity contribution in [1.82, 2.24) is 4.31 Å². The Balaban J connectivity index is 2.45. The predicted octanol–water partition coefficient (Wildman–Crippen LogP) is 1.81. The zero-order chi connectivity index (χ0) is 16.5. The Kier molecular flexibility index (Phi) is 4.99. The summed E-state index contributed by atoms with van der Waals surface area (Å²) in [6.07, 6.45) is -0.252. The number of ether oxygens (including phenoxy) is 3. The number of hydrogen-bond donors (Lipinski definition) is 0. The van der Waals surface area contributed by atoms with Crippen molar-refractivity contribution >= 4 is 10.0 Å². The van der Waals surface area contributed by atoms with Crippen LogP contribution in [0.15, 0.2) is 17.0 Å². The molecule has 1 heterocycles. The Morgan fingerprint density at radius 1 is 1.09 bits per heavy atom. The Morgan fingerprint density at radius 2 is 1.59 bits per heavy atom. The molecule has 0 bridgehead atoms. The molecular formula is C15H23NO5S. The summed E-state index contributed by atoms with van der Waals surface area (Å²) in [5, 5.41) is 0. The van der Waals surface area contributed by atoms with Crippen molar-refractivity contribution in [1.29, 1.82) is 0 Å². The van der Waals surface area contributed by atoms with Crippen LogP contribution in [0, 0.1) is 6.92 Å². The van der Waals surface area contributed by atoms with Crippen LogP contribution in [0.2, 0.25) is 0 Å². The van der Waals surface area contributed by atoms with Gasteiger partial charge < -0.3 is 14.2 Å². The first-order valence-corrected chi connectivity index (χ1v) is 8.61. The van der Waals surface area contributed by atoms with Crippen molar-refractivity contribution in [3.8, 4) is 11.5 Å². The zero-order valence-corrected chi connectivity index (χ0v) is 14.4. The molecule has 6 nitrogen and oxygen atoms in total. The fourth-order valence-electron chi connectivity index (χ4n) is 2.71. The van der Waals surface area contributed by atoms with Crippen molar-refractivity contribution in [2.45, 2.75) is 37.9 Å². The monoisotopic (exact) mass is 329 g/mol. The van der Waals surface area contributed by atoms with E-state index in [-0.39, 0.29) is 17.1 Å². The van der Waals surface area contributed by atoms with Crippen LogP contribution in [-0.4, -0.2) is 52.2 Å². The molecule has 2 atom stereocenters. The molecule has 1 fully saturated rings. The number of sulfonamides is 1. The molecule has 1 saturated heterocycles. The first-order valence-electron chi connectivity index (χ1n) is 7.17. The molecule has 0 aromatic heterocycles. The van der Waals surface area contributed by atoms with Gasteiger partial charge in [0.15, 0.2) is 11.5 Å². The van der Waals surface area contributed by atoms with E-state index >= 15 is 0 Å². The lowest BCUT2D eigenvalue weighted by molar-refractivity contribution is -0.0441. The molecule has 1 aliphatic heterocycles. The quantitative estimate of drug-likeness (QED) is 0.843. The summed E-state index contributed by atoms with van der Waals surface area (Å²) in [6.45, 7) is 6.20. The Hall–Kier alpha value is -1.31. The summed E-state index contributed by atoms with van der Waals surface area (Å²) in [5.74, 6) is 0.920. The topological polar surface area (TPSA) is 65.1 Å². The molecule has 0 unspecified atom stereocenters. The minimum Gasteiger partial charge on any atom is -0.493 e. The number of benzene rings is 1. The second-order valence-electron chi connectivity index (χ2n) is 5.55. The lowest BCUT2D eigenvalue weighted by atomic mass is 10.2. The molecular weight excluding hydrogens is 306 g/mol. The van der Waals surface area contributed by atoms with Crippen LogP contribution in [0.4, 0.5) is 0 Å². The van der Waals surface area contributed by atoms with Crippen molar-refractivity contribution in [2.24, 2.45) is 0 Å². The normalized spacial score (nSPS) is 23.3. The van der Waals surface area contributed by atoms with Crippen LogP contribution in [0.5, 0.6) is 11.5 Å². The molecule has 2 rings (SSSR count). The summed E-state index contributed by atoms with van der Waals surface area (Å²) < 4.78 is 43.4. The summed E-state index contributed by atoms with van der Waals surface area (Å²) >= 11 is 0. The molecule has 1 aromatic carbocycles. The fourth-order valence-corrected chi connectivity index (χ4v) is 4.52. The molecule has 7 heteroatoms. The molecule has 0 radical (unpaired) electrons. The average molecular weight is 329 g/mol. The second kappa shape index (κ2) is 6.44. The minimum atomic E-state index is -3.60. The van der Waals surface area contributed by atoms with E-state index in [0.29, 0.717) is 30.2 Å². The van der Waals surface area contributed by atoms with E-state index in [1.165, 1.54) is 24.6 Å². The third-order valence-electron chi connectivity index (χ3n) is 3.69. The standard InChI is InChI=1S/C15H23NO5S/c1-10-6-13(19-4)14(20-5)7-15(10)22(17,18)16-8-11(2)21-12(3)9-16/h6-7,11-12H,8-9H2,1-5H3/t11-,12-/m1/s1. The van der Waals surface area contributed by atoms with Gasteiger partial charge in [0.2, 0.25) is 10.0 Å². The molecule has 1 aromatic rings. The van der Waals surface area contributed by atoms with Crippen LogP contribution in [0.25, 0.3) is 0 Å². The smallest absolute Gasteiger partial charge is 0.243 e. The molecule has 0 N–H and O–H groups in total. The van der Waals surface area contributed by atoms with Gasteiger partial charge in [-0.25, -0.2) is 8.42 Å². The maximum atomic E-state index is 12.9. The second-order valence-corrected chi connectivity index (χ2v) is 7.46. The number of methoxy groups -OCH3 is 2. The summed E-state index contributed by atoms with van der Waals surface area (Å²) in [5.41, 5.74) is 0.629. The predicted molar refractivity (Wildman–Crippen MR) is 83.1 cm³/mol. The van der Waals surface area contributed by atoms with Gasteiger partial charge in [-0.2, -0.15) is 4.31 Å². The third kappa shape index (κ3) is 3.21. The van der Waals surface area contributed by atoms with Crippen molar-refractivity contribution < 1.29 is 22.6 Å². The minimum absolute atomic E-state index is 0.126. The average Bonchev–Trinajstić information content (AvgIpc) is 2.45. The van der Waals surface area contributed by atoms with Gasteiger partial charge in [0.1, 0.15) is 0 Å². The van der Waals surface area contributed by atoms with Gasteiger partial charge in [-0.3, -0.25) is 0 Å². The molecule has 0 saturated carbocycles. The van der Waals surface area contributed by atoms with Gasteiger partial charge in [0.25, 0.3) is 0 Å². The highest BCUT2D eigenvalue weighted by Gasteiger charge is 2.33. The first-order chi connectivity index (χ1) is 10.3. The van der Waals surface area contributed by atoms with Crippen LogP contribution in [-0.2, 0) is 14.8 Å². The zero-order valence-electron chi connectivity index (χ0n) is 13.6. The van der Waals surface area contributed by atoms with Gasteiger partial charge in [-0.15, -0.1) is 0 Å². The number of hydrogen-bond acceptors (Lipinski definition) is 5. The molecule has 22 heavy (non-hydrogen) atoms. The molecule has 0 amide bonds. The van der Waals surface area contributed by atoms with Gasteiger partial charge >= 0.3 is 0 Å². The maximum Gasteiger partial charge on any atom is 0.243 e. The number of morpholine rings is 1. The van der Waals surface area contributed by atoms with Crippen molar-refractivity contribution in [3.05, 3.63) is 17.7 Å². The van der Waals surface area contributed by atoms with Crippen LogP contribution >= 0.6 is 0 Å². The number of aryl methyl sites for hydroxylation is 1.